The lowest BCUT2D eigenvalue weighted by molar-refractivity contribution is 0.347. The van der Waals surface area contributed by atoms with Gasteiger partial charge in [-0.15, -0.1) is 0 Å². The fourth-order valence-electron chi connectivity index (χ4n) is 2.83. The number of fused-ring (bicyclic) bond motifs is 1. The van der Waals surface area contributed by atoms with Gasteiger partial charge in [0.2, 0.25) is 0 Å². The van der Waals surface area contributed by atoms with Crippen LogP contribution in [0.25, 0.3) is 0 Å². The molecule has 0 aromatic heterocycles. The Morgan fingerprint density at radius 1 is 1.24 bits per heavy atom. The lowest BCUT2D eigenvalue weighted by Gasteiger charge is -2.28. The fourth-order valence-corrected chi connectivity index (χ4v) is 2.83. The van der Waals surface area contributed by atoms with E-state index in [1.165, 1.54) is 5.56 Å². The van der Waals surface area contributed by atoms with Crippen molar-refractivity contribution in [3.8, 4) is 0 Å². The number of nitrogens with zero attached hydrogens (tertiary/aromatic N) is 1. The SMILES string of the molecule is NC1CCC2N=C(Cc3ccccc3)NC2C1. The van der Waals surface area contributed by atoms with Gasteiger partial charge in [-0.2, -0.15) is 0 Å². The third kappa shape index (κ3) is 2.34. The van der Waals surface area contributed by atoms with Crippen LogP contribution in [0.15, 0.2) is 35.3 Å². The second-order valence-corrected chi connectivity index (χ2v) is 5.13. The van der Waals surface area contributed by atoms with Gasteiger partial charge >= 0.3 is 0 Å². The maximum absolute atomic E-state index is 6.00. The molecule has 3 atom stereocenters. The molecule has 0 saturated heterocycles. The number of rotatable bonds is 2. The normalized spacial score (nSPS) is 31.6. The lowest BCUT2D eigenvalue weighted by atomic mass is 9.88. The topological polar surface area (TPSA) is 50.4 Å². The Labute approximate surface area is 102 Å². The van der Waals surface area contributed by atoms with Crippen molar-refractivity contribution in [2.45, 2.75) is 43.8 Å². The Bertz CT molecular complexity index is 413. The lowest BCUT2D eigenvalue weighted by Crippen LogP contribution is -2.44. The Kier molecular flexibility index (Phi) is 2.85. The molecule has 3 rings (SSSR count). The van der Waals surface area contributed by atoms with Crippen LogP contribution in [0, 0.1) is 0 Å². The number of amidine groups is 1. The molecule has 1 aromatic rings. The smallest absolute Gasteiger partial charge is 0.101 e. The molecular weight excluding hydrogens is 210 g/mol. The summed E-state index contributed by atoms with van der Waals surface area (Å²) in [6.45, 7) is 0. The summed E-state index contributed by atoms with van der Waals surface area (Å²) in [5, 5.41) is 3.54. The molecule has 1 aliphatic heterocycles. The van der Waals surface area contributed by atoms with Crippen molar-refractivity contribution >= 4 is 5.84 Å². The van der Waals surface area contributed by atoms with Gasteiger partial charge in [0.15, 0.2) is 0 Å². The first kappa shape index (κ1) is 10.8. The minimum atomic E-state index is 0.357. The van der Waals surface area contributed by atoms with E-state index in [4.69, 9.17) is 10.7 Å². The van der Waals surface area contributed by atoms with Crippen molar-refractivity contribution in [2.24, 2.45) is 10.7 Å². The zero-order valence-electron chi connectivity index (χ0n) is 9.97. The van der Waals surface area contributed by atoms with Crippen LogP contribution in [-0.2, 0) is 6.42 Å². The molecule has 1 aliphatic carbocycles. The number of hydrogen-bond donors (Lipinski definition) is 2. The van der Waals surface area contributed by atoms with E-state index in [-0.39, 0.29) is 0 Å². The second-order valence-electron chi connectivity index (χ2n) is 5.13. The Morgan fingerprint density at radius 3 is 2.88 bits per heavy atom. The van der Waals surface area contributed by atoms with E-state index >= 15 is 0 Å². The predicted molar refractivity (Wildman–Crippen MR) is 70.1 cm³/mol. The summed E-state index contributed by atoms with van der Waals surface area (Å²) in [5.74, 6) is 1.14. The highest BCUT2D eigenvalue weighted by Gasteiger charge is 2.33. The van der Waals surface area contributed by atoms with Crippen molar-refractivity contribution < 1.29 is 0 Å². The Balaban J connectivity index is 1.67. The minimum Gasteiger partial charge on any atom is -0.369 e. The molecule has 0 amide bonds. The quantitative estimate of drug-likeness (QED) is 0.807. The van der Waals surface area contributed by atoms with Gasteiger partial charge in [-0.05, 0) is 24.8 Å². The van der Waals surface area contributed by atoms with Crippen molar-refractivity contribution in [3.63, 3.8) is 0 Å². The molecule has 2 aliphatic rings. The molecule has 0 spiro atoms. The highest BCUT2D eigenvalue weighted by atomic mass is 15.1. The van der Waals surface area contributed by atoms with Crippen LogP contribution in [0.3, 0.4) is 0 Å². The van der Waals surface area contributed by atoms with Crippen molar-refractivity contribution in [1.82, 2.24) is 5.32 Å². The average molecular weight is 229 g/mol. The summed E-state index contributed by atoms with van der Waals surface area (Å²) in [5.41, 5.74) is 7.32. The van der Waals surface area contributed by atoms with Gasteiger partial charge < -0.3 is 11.1 Å². The molecule has 3 heteroatoms. The van der Waals surface area contributed by atoms with E-state index in [0.29, 0.717) is 18.1 Å². The van der Waals surface area contributed by atoms with E-state index in [2.05, 4.69) is 29.6 Å². The van der Waals surface area contributed by atoms with Gasteiger partial charge in [0.05, 0.1) is 12.1 Å². The first-order chi connectivity index (χ1) is 8.31. The fraction of sp³-hybridized carbons (Fsp3) is 0.500. The minimum absolute atomic E-state index is 0.357. The summed E-state index contributed by atoms with van der Waals surface area (Å²) in [6, 6.07) is 11.8. The number of aliphatic imine (C=N–C) groups is 1. The summed E-state index contributed by atoms with van der Waals surface area (Å²) >= 11 is 0. The van der Waals surface area contributed by atoms with E-state index in [1.807, 2.05) is 6.07 Å². The molecular formula is C14H19N3. The molecule has 3 N–H and O–H groups in total. The van der Waals surface area contributed by atoms with Crippen molar-refractivity contribution in [3.05, 3.63) is 35.9 Å². The molecule has 0 radical (unpaired) electrons. The summed E-state index contributed by atoms with van der Waals surface area (Å²) in [7, 11) is 0. The number of nitrogens with two attached hydrogens (primary N) is 1. The van der Waals surface area contributed by atoms with Crippen LogP contribution < -0.4 is 11.1 Å². The first-order valence-electron chi connectivity index (χ1n) is 6.44. The summed E-state index contributed by atoms with van der Waals surface area (Å²) < 4.78 is 0. The van der Waals surface area contributed by atoms with Gasteiger partial charge in [0.25, 0.3) is 0 Å². The van der Waals surface area contributed by atoms with Crippen LogP contribution >= 0.6 is 0 Å². The second kappa shape index (κ2) is 4.49. The van der Waals surface area contributed by atoms with Crippen LogP contribution in [-0.4, -0.2) is 24.0 Å². The van der Waals surface area contributed by atoms with E-state index < -0.39 is 0 Å². The van der Waals surface area contributed by atoms with Crippen LogP contribution in [0.5, 0.6) is 0 Å². The first-order valence-corrected chi connectivity index (χ1v) is 6.44. The Morgan fingerprint density at radius 2 is 2.06 bits per heavy atom. The van der Waals surface area contributed by atoms with E-state index in [9.17, 15) is 0 Å². The van der Waals surface area contributed by atoms with Crippen LogP contribution in [0.2, 0.25) is 0 Å². The van der Waals surface area contributed by atoms with Crippen molar-refractivity contribution in [1.29, 1.82) is 0 Å². The maximum atomic E-state index is 6.00. The average Bonchev–Trinajstić information content (AvgIpc) is 2.71. The molecule has 17 heavy (non-hydrogen) atoms. The Hall–Kier alpha value is -1.35. The van der Waals surface area contributed by atoms with E-state index in [0.717, 1.165) is 31.5 Å². The molecule has 3 unspecified atom stereocenters. The zero-order valence-corrected chi connectivity index (χ0v) is 9.97. The predicted octanol–water partition coefficient (Wildman–Crippen LogP) is 1.48. The number of benzene rings is 1. The van der Waals surface area contributed by atoms with Crippen LogP contribution in [0.4, 0.5) is 0 Å². The van der Waals surface area contributed by atoms with Crippen molar-refractivity contribution in [2.75, 3.05) is 0 Å². The van der Waals surface area contributed by atoms with Gasteiger partial charge in [-0.25, -0.2) is 0 Å². The number of nitrogens with one attached hydrogen (secondary N) is 1. The largest absolute Gasteiger partial charge is 0.369 e. The van der Waals surface area contributed by atoms with Gasteiger partial charge in [-0.3, -0.25) is 4.99 Å². The van der Waals surface area contributed by atoms with Gasteiger partial charge in [-0.1, -0.05) is 30.3 Å². The summed E-state index contributed by atoms with van der Waals surface area (Å²) in [4.78, 5) is 4.79. The summed E-state index contributed by atoms with van der Waals surface area (Å²) in [6.07, 6.45) is 4.23. The highest BCUT2D eigenvalue weighted by molar-refractivity contribution is 5.86. The molecule has 90 valence electrons. The third-order valence-electron chi connectivity index (χ3n) is 3.74. The molecule has 0 bridgehead atoms. The van der Waals surface area contributed by atoms with E-state index in [1.54, 1.807) is 0 Å². The molecule has 1 saturated carbocycles. The highest BCUT2D eigenvalue weighted by Crippen LogP contribution is 2.24. The van der Waals surface area contributed by atoms with Gasteiger partial charge in [0, 0.05) is 12.5 Å². The molecule has 3 nitrogen and oxygen atoms in total. The molecule has 1 fully saturated rings. The van der Waals surface area contributed by atoms with Gasteiger partial charge in [0.1, 0.15) is 5.84 Å². The number of hydrogen-bond acceptors (Lipinski definition) is 3. The maximum Gasteiger partial charge on any atom is 0.101 e. The molecule has 1 heterocycles. The third-order valence-corrected chi connectivity index (χ3v) is 3.74. The zero-order chi connectivity index (χ0) is 11.7. The molecule has 1 aromatic carbocycles. The standard InChI is InChI=1S/C14H19N3/c15-11-6-7-12-13(9-11)17-14(16-12)8-10-4-2-1-3-5-10/h1-5,11-13H,6-9,15H2,(H,16,17). The monoisotopic (exact) mass is 229 g/mol. The van der Waals surface area contributed by atoms with Crippen LogP contribution in [0.1, 0.15) is 24.8 Å².